The van der Waals surface area contributed by atoms with Crippen LogP contribution in [-0.4, -0.2) is 20.4 Å². The highest BCUT2D eigenvalue weighted by atomic mass is 16.4. The highest BCUT2D eigenvalue weighted by molar-refractivity contribution is 5.91. The monoisotopic (exact) mass is 422 g/mol. The third kappa shape index (κ3) is 4.43. The zero-order chi connectivity index (χ0) is 22.9. The van der Waals surface area contributed by atoms with Crippen LogP contribution in [0.2, 0.25) is 0 Å². The lowest BCUT2D eigenvalue weighted by Gasteiger charge is -2.18. The minimum absolute atomic E-state index is 0.00632. The molecule has 1 unspecified atom stereocenters. The van der Waals surface area contributed by atoms with Crippen molar-refractivity contribution >= 4 is 11.0 Å². The Balaban J connectivity index is 2.26. The third-order valence-electron chi connectivity index (χ3n) is 5.29. The number of aromatic hydroxyl groups is 4. The summed E-state index contributed by atoms with van der Waals surface area (Å²) in [7, 11) is 0. The maximum atomic E-state index is 12.9. The van der Waals surface area contributed by atoms with E-state index in [1.54, 1.807) is 0 Å². The SMILES string of the molecule is C=C(C)C(CC=C(C)C)Cc1c(O)cc(O)c2c(=O)c(O)c(-c3ccc(O)cc3)oc12. The summed E-state index contributed by atoms with van der Waals surface area (Å²) in [6, 6.07) is 6.87. The largest absolute Gasteiger partial charge is 0.508 e. The quantitative estimate of drug-likeness (QED) is 0.397. The molecule has 1 heterocycles. The maximum Gasteiger partial charge on any atom is 0.238 e. The van der Waals surface area contributed by atoms with Crippen LogP contribution in [0.15, 0.2) is 63.3 Å². The summed E-state index contributed by atoms with van der Waals surface area (Å²) >= 11 is 0. The fraction of sp³-hybridized carbons (Fsp3) is 0.240. The van der Waals surface area contributed by atoms with E-state index in [1.807, 2.05) is 20.8 Å². The van der Waals surface area contributed by atoms with Crippen LogP contribution < -0.4 is 5.43 Å². The van der Waals surface area contributed by atoms with Crippen molar-refractivity contribution in [2.24, 2.45) is 5.92 Å². The van der Waals surface area contributed by atoms with Gasteiger partial charge in [0.25, 0.3) is 0 Å². The molecule has 6 heteroatoms. The fourth-order valence-electron chi connectivity index (χ4n) is 3.47. The summed E-state index contributed by atoms with van der Waals surface area (Å²) in [6.45, 7) is 9.93. The van der Waals surface area contributed by atoms with Gasteiger partial charge in [0.2, 0.25) is 11.2 Å². The number of phenols is 3. The topological polar surface area (TPSA) is 111 Å². The highest BCUT2D eigenvalue weighted by Gasteiger charge is 2.24. The van der Waals surface area contributed by atoms with Gasteiger partial charge in [-0.2, -0.15) is 0 Å². The van der Waals surface area contributed by atoms with Gasteiger partial charge in [0.05, 0.1) is 0 Å². The van der Waals surface area contributed by atoms with Crippen molar-refractivity contribution in [1.29, 1.82) is 0 Å². The van der Waals surface area contributed by atoms with E-state index in [1.165, 1.54) is 24.3 Å². The van der Waals surface area contributed by atoms with Crippen LogP contribution in [0, 0.1) is 5.92 Å². The van der Waals surface area contributed by atoms with E-state index < -0.39 is 16.9 Å². The van der Waals surface area contributed by atoms with Crippen molar-refractivity contribution in [3.05, 3.63) is 69.9 Å². The molecule has 1 atom stereocenters. The van der Waals surface area contributed by atoms with Crippen molar-refractivity contribution in [2.75, 3.05) is 0 Å². The number of fused-ring (bicyclic) bond motifs is 1. The van der Waals surface area contributed by atoms with Gasteiger partial charge in [-0.1, -0.05) is 23.8 Å². The lowest BCUT2D eigenvalue weighted by atomic mass is 9.88. The second kappa shape index (κ2) is 8.60. The van der Waals surface area contributed by atoms with Crippen molar-refractivity contribution < 1.29 is 24.8 Å². The minimum atomic E-state index is -0.806. The van der Waals surface area contributed by atoms with Gasteiger partial charge < -0.3 is 24.8 Å². The standard InChI is InChI=1S/C25H26O6/c1-13(2)5-6-16(14(3)4)11-18-19(27)12-20(28)21-22(29)23(30)24(31-25(18)21)15-7-9-17(26)10-8-15/h5,7-10,12,16,26-28,30H,3,6,11H2,1-2,4H3. The zero-order valence-corrected chi connectivity index (χ0v) is 17.8. The minimum Gasteiger partial charge on any atom is -0.508 e. The van der Waals surface area contributed by atoms with Crippen LogP contribution in [0.25, 0.3) is 22.3 Å². The van der Waals surface area contributed by atoms with Gasteiger partial charge in [0.1, 0.15) is 28.2 Å². The molecule has 0 saturated heterocycles. The Bertz CT molecular complexity index is 1230. The van der Waals surface area contributed by atoms with E-state index in [4.69, 9.17) is 4.42 Å². The van der Waals surface area contributed by atoms with Gasteiger partial charge in [0, 0.05) is 17.2 Å². The van der Waals surface area contributed by atoms with E-state index in [0.717, 1.165) is 17.2 Å². The first-order valence-electron chi connectivity index (χ1n) is 9.91. The Morgan fingerprint density at radius 2 is 1.71 bits per heavy atom. The molecule has 3 aromatic rings. The molecule has 1 aromatic heterocycles. The molecular weight excluding hydrogens is 396 g/mol. The molecule has 3 rings (SSSR count). The Hall–Kier alpha value is -3.67. The predicted molar refractivity (Wildman–Crippen MR) is 121 cm³/mol. The molecule has 162 valence electrons. The van der Waals surface area contributed by atoms with E-state index in [0.29, 0.717) is 24.0 Å². The lowest BCUT2D eigenvalue weighted by Crippen LogP contribution is -2.09. The molecule has 0 saturated carbocycles. The van der Waals surface area contributed by atoms with Crippen molar-refractivity contribution in [2.45, 2.75) is 33.6 Å². The van der Waals surface area contributed by atoms with Crippen molar-refractivity contribution in [1.82, 2.24) is 0 Å². The van der Waals surface area contributed by atoms with Crippen LogP contribution in [0.5, 0.6) is 23.0 Å². The van der Waals surface area contributed by atoms with E-state index in [2.05, 4.69) is 12.7 Å². The number of hydrogen-bond acceptors (Lipinski definition) is 6. The molecule has 4 N–H and O–H groups in total. The number of phenolic OH excluding ortho intramolecular Hbond substituents is 3. The summed E-state index contributed by atoms with van der Waals surface area (Å²) in [5.74, 6) is -1.48. The Morgan fingerprint density at radius 1 is 1.06 bits per heavy atom. The fourth-order valence-corrected chi connectivity index (χ4v) is 3.47. The van der Waals surface area contributed by atoms with Crippen molar-refractivity contribution in [3.8, 4) is 34.3 Å². The first-order chi connectivity index (χ1) is 14.6. The van der Waals surface area contributed by atoms with Gasteiger partial charge in [-0.15, -0.1) is 0 Å². The van der Waals surface area contributed by atoms with Gasteiger partial charge in [-0.3, -0.25) is 4.79 Å². The average molecular weight is 422 g/mol. The molecule has 0 aliphatic rings. The number of hydrogen-bond donors (Lipinski definition) is 4. The molecule has 0 aliphatic carbocycles. The van der Waals surface area contributed by atoms with Crippen LogP contribution in [-0.2, 0) is 6.42 Å². The molecule has 0 amide bonds. The Morgan fingerprint density at radius 3 is 2.29 bits per heavy atom. The molecule has 0 radical (unpaired) electrons. The summed E-state index contributed by atoms with van der Waals surface area (Å²) in [6.07, 6.45) is 3.08. The number of benzene rings is 2. The molecule has 2 aromatic carbocycles. The molecular formula is C25H26O6. The number of rotatable bonds is 6. The average Bonchev–Trinajstić information content (AvgIpc) is 2.69. The van der Waals surface area contributed by atoms with Crippen LogP contribution >= 0.6 is 0 Å². The summed E-state index contributed by atoms with van der Waals surface area (Å²) in [4.78, 5) is 12.9. The summed E-state index contributed by atoms with van der Waals surface area (Å²) in [5, 5.41) is 40.7. The van der Waals surface area contributed by atoms with Gasteiger partial charge in [-0.05, 0) is 63.8 Å². The van der Waals surface area contributed by atoms with Gasteiger partial charge in [-0.25, -0.2) is 0 Å². The smallest absolute Gasteiger partial charge is 0.238 e. The van der Waals surface area contributed by atoms with Crippen LogP contribution in [0.4, 0.5) is 0 Å². The van der Waals surface area contributed by atoms with Crippen LogP contribution in [0.1, 0.15) is 32.8 Å². The van der Waals surface area contributed by atoms with E-state index >= 15 is 0 Å². The molecule has 0 aliphatic heterocycles. The third-order valence-corrected chi connectivity index (χ3v) is 5.29. The molecule has 0 fully saturated rings. The lowest BCUT2D eigenvalue weighted by molar-refractivity contribution is 0.432. The molecule has 0 bridgehead atoms. The molecule has 31 heavy (non-hydrogen) atoms. The normalized spacial score (nSPS) is 12.0. The van der Waals surface area contributed by atoms with Gasteiger partial charge >= 0.3 is 0 Å². The summed E-state index contributed by atoms with van der Waals surface area (Å²) in [5.41, 5.74) is 1.96. The second-order valence-corrected chi connectivity index (χ2v) is 8.02. The number of allylic oxidation sites excluding steroid dienone is 3. The second-order valence-electron chi connectivity index (χ2n) is 8.02. The summed E-state index contributed by atoms with van der Waals surface area (Å²) < 4.78 is 5.90. The van der Waals surface area contributed by atoms with Crippen molar-refractivity contribution in [3.63, 3.8) is 0 Å². The Kier molecular flexibility index (Phi) is 6.11. The predicted octanol–water partition coefficient (Wildman–Crippen LogP) is 5.37. The zero-order valence-electron chi connectivity index (χ0n) is 17.8. The van der Waals surface area contributed by atoms with Crippen LogP contribution in [0.3, 0.4) is 0 Å². The van der Waals surface area contributed by atoms with Gasteiger partial charge in [0.15, 0.2) is 5.76 Å². The Labute approximate surface area is 180 Å². The first kappa shape index (κ1) is 22.0. The molecule has 6 nitrogen and oxygen atoms in total. The highest BCUT2D eigenvalue weighted by Crippen LogP contribution is 2.40. The first-order valence-corrected chi connectivity index (χ1v) is 9.91. The van der Waals surface area contributed by atoms with E-state index in [9.17, 15) is 25.2 Å². The molecule has 0 spiro atoms. The maximum absolute atomic E-state index is 12.9. The van der Waals surface area contributed by atoms with E-state index in [-0.39, 0.29) is 34.1 Å².